The third-order valence-corrected chi connectivity index (χ3v) is 2.53. The maximum atomic E-state index is 11.7. The van der Waals surface area contributed by atoms with Gasteiger partial charge in [0.25, 0.3) is 5.91 Å². The van der Waals surface area contributed by atoms with Gasteiger partial charge in [-0.15, -0.1) is 0 Å². The van der Waals surface area contributed by atoms with Gasteiger partial charge >= 0.3 is 0 Å². The van der Waals surface area contributed by atoms with Crippen molar-refractivity contribution < 1.29 is 9.59 Å². The molecule has 0 aliphatic carbocycles. The molecule has 1 aromatic carbocycles. The highest BCUT2D eigenvalue weighted by atomic mass is 16.2. The molecule has 0 saturated heterocycles. The van der Waals surface area contributed by atoms with E-state index in [0.29, 0.717) is 17.8 Å². The fourth-order valence-corrected chi connectivity index (χ4v) is 1.54. The predicted molar refractivity (Wildman–Crippen MR) is 76.2 cm³/mol. The average Bonchev–Trinajstić information content (AvgIpc) is 2.39. The van der Waals surface area contributed by atoms with Gasteiger partial charge in [-0.05, 0) is 37.2 Å². The van der Waals surface area contributed by atoms with Gasteiger partial charge in [0, 0.05) is 25.3 Å². The number of benzene rings is 1. The molecule has 0 spiro atoms. The second-order valence-corrected chi connectivity index (χ2v) is 4.50. The fourth-order valence-electron chi connectivity index (χ4n) is 1.54. The largest absolute Gasteiger partial charge is 0.345 e. The lowest BCUT2D eigenvalue weighted by molar-refractivity contribution is -0.115. The van der Waals surface area contributed by atoms with Gasteiger partial charge in [-0.25, -0.2) is 0 Å². The lowest BCUT2D eigenvalue weighted by atomic mass is 10.2. The van der Waals surface area contributed by atoms with E-state index in [1.54, 1.807) is 38.4 Å². The number of hydrogen-bond donors (Lipinski definition) is 2. The minimum Gasteiger partial charge on any atom is -0.345 e. The Morgan fingerprint density at radius 1 is 1.16 bits per heavy atom. The van der Waals surface area contributed by atoms with Gasteiger partial charge in [-0.3, -0.25) is 9.59 Å². The van der Waals surface area contributed by atoms with Gasteiger partial charge in [0.05, 0.1) is 6.54 Å². The molecule has 0 aromatic heterocycles. The molecule has 0 fully saturated rings. The summed E-state index contributed by atoms with van der Waals surface area (Å²) in [5.41, 5.74) is 1.30. The van der Waals surface area contributed by atoms with Crippen LogP contribution in [0.25, 0.3) is 0 Å². The Morgan fingerprint density at radius 2 is 1.79 bits per heavy atom. The van der Waals surface area contributed by atoms with Crippen LogP contribution in [0.15, 0.2) is 24.3 Å². The Balaban J connectivity index is 2.52. The molecule has 0 unspecified atom stereocenters. The second kappa shape index (κ2) is 7.53. The monoisotopic (exact) mass is 263 g/mol. The molecule has 0 radical (unpaired) electrons. The topological polar surface area (TPSA) is 61.4 Å². The zero-order valence-electron chi connectivity index (χ0n) is 11.7. The minimum absolute atomic E-state index is 0.0533. The molecule has 5 heteroatoms. The van der Waals surface area contributed by atoms with Crippen LogP contribution in [-0.2, 0) is 4.79 Å². The van der Waals surface area contributed by atoms with E-state index >= 15 is 0 Å². The van der Waals surface area contributed by atoms with Gasteiger partial charge in [-0.1, -0.05) is 6.92 Å². The Labute approximate surface area is 114 Å². The third-order valence-electron chi connectivity index (χ3n) is 2.53. The molecular formula is C14H21N3O2. The first-order valence-corrected chi connectivity index (χ1v) is 6.37. The fraction of sp³-hybridized carbons (Fsp3) is 0.429. The molecule has 2 N–H and O–H groups in total. The van der Waals surface area contributed by atoms with Gasteiger partial charge in [0.1, 0.15) is 0 Å². The number of hydrogen-bond acceptors (Lipinski definition) is 3. The zero-order valence-corrected chi connectivity index (χ0v) is 11.7. The molecule has 1 rings (SSSR count). The number of carbonyl (C=O) groups excluding carboxylic acids is 2. The molecule has 1 aromatic rings. The standard InChI is InChI=1S/C14H21N3O2/c1-4-9-15-10-13(18)16-12-7-5-11(6-8-12)14(19)17(2)3/h5-8,15H,4,9-10H2,1-3H3,(H,16,18). The summed E-state index contributed by atoms with van der Waals surface area (Å²) in [5.74, 6) is -0.136. The molecule has 0 aliphatic heterocycles. The summed E-state index contributed by atoms with van der Waals surface area (Å²) in [6, 6.07) is 6.87. The van der Waals surface area contributed by atoms with E-state index < -0.39 is 0 Å². The molecule has 0 atom stereocenters. The summed E-state index contributed by atoms with van der Waals surface area (Å²) >= 11 is 0. The Kier molecular flexibility index (Phi) is 6.02. The van der Waals surface area contributed by atoms with Crippen LogP contribution >= 0.6 is 0 Å². The van der Waals surface area contributed by atoms with E-state index in [2.05, 4.69) is 10.6 Å². The summed E-state index contributed by atoms with van der Waals surface area (Å²) in [6.07, 6.45) is 0.995. The number of nitrogens with one attached hydrogen (secondary N) is 2. The molecule has 2 amide bonds. The van der Waals surface area contributed by atoms with Crippen LogP contribution in [0.5, 0.6) is 0 Å². The SMILES string of the molecule is CCCNCC(=O)Nc1ccc(C(=O)N(C)C)cc1. The van der Waals surface area contributed by atoms with Crippen molar-refractivity contribution in [1.82, 2.24) is 10.2 Å². The van der Waals surface area contributed by atoms with E-state index in [4.69, 9.17) is 0 Å². The number of carbonyl (C=O) groups is 2. The Morgan fingerprint density at radius 3 is 2.32 bits per heavy atom. The summed E-state index contributed by atoms with van der Waals surface area (Å²) in [6.45, 7) is 3.17. The van der Waals surface area contributed by atoms with E-state index in [1.165, 1.54) is 4.90 Å². The van der Waals surface area contributed by atoms with Crippen molar-refractivity contribution in [2.45, 2.75) is 13.3 Å². The molecule has 5 nitrogen and oxygen atoms in total. The van der Waals surface area contributed by atoms with Crippen molar-refractivity contribution in [1.29, 1.82) is 0 Å². The van der Waals surface area contributed by atoms with Gasteiger partial charge < -0.3 is 15.5 Å². The van der Waals surface area contributed by atoms with E-state index in [0.717, 1.165) is 13.0 Å². The molecule has 19 heavy (non-hydrogen) atoms. The summed E-state index contributed by atoms with van der Waals surface area (Å²) in [7, 11) is 3.41. The lowest BCUT2D eigenvalue weighted by Gasteiger charge is -2.11. The third kappa shape index (κ3) is 5.09. The molecule has 0 bridgehead atoms. The van der Waals surface area contributed by atoms with Crippen LogP contribution in [0.4, 0.5) is 5.69 Å². The van der Waals surface area contributed by atoms with Crippen molar-refractivity contribution in [3.63, 3.8) is 0 Å². The first-order chi connectivity index (χ1) is 9.04. The summed E-state index contributed by atoms with van der Waals surface area (Å²) in [5, 5.41) is 5.80. The quantitative estimate of drug-likeness (QED) is 0.761. The van der Waals surface area contributed by atoms with Crippen LogP contribution in [0.2, 0.25) is 0 Å². The number of amides is 2. The van der Waals surface area contributed by atoms with E-state index in [9.17, 15) is 9.59 Å². The predicted octanol–water partition coefficient (Wildman–Crippen LogP) is 1.33. The van der Waals surface area contributed by atoms with Crippen molar-refractivity contribution in [2.75, 3.05) is 32.5 Å². The molecule has 104 valence electrons. The van der Waals surface area contributed by atoms with Crippen LogP contribution in [-0.4, -0.2) is 43.9 Å². The Bertz CT molecular complexity index is 427. The molecule has 0 saturated carbocycles. The molecule has 0 heterocycles. The van der Waals surface area contributed by atoms with Crippen molar-refractivity contribution in [3.8, 4) is 0 Å². The number of anilines is 1. The highest BCUT2D eigenvalue weighted by molar-refractivity contribution is 5.95. The minimum atomic E-state index is -0.0832. The highest BCUT2D eigenvalue weighted by Crippen LogP contribution is 2.10. The van der Waals surface area contributed by atoms with Crippen LogP contribution in [0.3, 0.4) is 0 Å². The van der Waals surface area contributed by atoms with Crippen molar-refractivity contribution in [2.24, 2.45) is 0 Å². The first kappa shape index (κ1) is 15.2. The van der Waals surface area contributed by atoms with Gasteiger partial charge in [0.15, 0.2) is 0 Å². The number of rotatable bonds is 6. The second-order valence-electron chi connectivity index (χ2n) is 4.50. The highest BCUT2D eigenvalue weighted by Gasteiger charge is 2.07. The smallest absolute Gasteiger partial charge is 0.253 e. The maximum Gasteiger partial charge on any atom is 0.253 e. The maximum absolute atomic E-state index is 11.7. The van der Waals surface area contributed by atoms with E-state index in [-0.39, 0.29) is 11.8 Å². The molecular weight excluding hydrogens is 242 g/mol. The molecule has 0 aliphatic rings. The summed E-state index contributed by atoms with van der Waals surface area (Å²) in [4.78, 5) is 24.8. The van der Waals surface area contributed by atoms with Crippen LogP contribution in [0, 0.1) is 0 Å². The van der Waals surface area contributed by atoms with Crippen LogP contribution < -0.4 is 10.6 Å². The van der Waals surface area contributed by atoms with Crippen molar-refractivity contribution >= 4 is 17.5 Å². The van der Waals surface area contributed by atoms with Crippen LogP contribution in [0.1, 0.15) is 23.7 Å². The van der Waals surface area contributed by atoms with Crippen molar-refractivity contribution in [3.05, 3.63) is 29.8 Å². The summed E-state index contributed by atoms with van der Waals surface area (Å²) < 4.78 is 0. The first-order valence-electron chi connectivity index (χ1n) is 6.37. The lowest BCUT2D eigenvalue weighted by Crippen LogP contribution is -2.28. The number of nitrogens with zero attached hydrogens (tertiary/aromatic N) is 1. The van der Waals surface area contributed by atoms with Gasteiger partial charge in [0.2, 0.25) is 5.91 Å². The normalized spacial score (nSPS) is 10.1. The van der Waals surface area contributed by atoms with Gasteiger partial charge in [-0.2, -0.15) is 0 Å². The average molecular weight is 263 g/mol. The van der Waals surface area contributed by atoms with E-state index in [1.807, 2.05) is 6.92 Å². The zero-order chi connectivity index (χ0) is 14.3. The Hall–Kier alpha value is -1.88.